The van der Waals surface area contributed by atoms with Crippen LogP contribution < -0.4 is 20.7 Å². The summed E-state index contributed by atoms with van der Waals surface area (Å²) >= 11 is 1.34. The molecule has 5 aromatic rings. The molecule has 0 heterocycles. The average molecular weight is 646 g/mol. The second-order valence-corrected chi connectivity index (χ2v) is 11.4. The number of halogens is 1. The standard InChI is InChI=1S/C38H32FN3O4S/c1-2-46-32-21-13-26(14-22-32)25-34(42-36(43)28-11-7-4-8-12-28)37(44)40-31-19-23-33(24-20-31)47-35(27-9-5-3-6-10-27)38(45)41-30-17-15-29(39)16-18-30/h3-25,35H,2H2,1H3,(H,40,44)(H,41,45)(H,42,43)/b34-25-. The van der Waals surface area contributed by atoms with Crippen molar-refractivity contribution in [3.05, 3.63) is 162 Å². The van der Waals surface area contributed by atoms with Gasteiger partial charge in [0.15, 0.2) is 0 Å². The van der Waals surface area contributed by atoms with Crippen LogP contribution in [-0.4, -0.2) is 24.3 Å². The van der Waals surface area contributed by atoms with E-state index in [9.17, 15) is 18.8 Å². The summed E-state index contributed by atoms with van der Waals surface area (Å²) in [5.41, 5.74) is 2.96. The molecule has 236 valence electrons. The predicted octanol–water partition coefficient (Wildman–Crippen LogP) is 8.11. The highest BCUT2D eigenvalue weighted by Gasteiger charge is 2.22. The molecule has 0 aliphatic carbocycles. The molecular weight excluding hydrogens is 614 g/mol. The maximum Gasteiger partial charge on any atom is 0.272 e. The van der Waals surface area contributed by atoms with Crippen LogP contribution in [0.25, 0.3) is 6.08 Å². The van der Waals surface area contributed by atoms with Crippen molar-refractivity contribution < 1.29 is 23.5 Å². The summed E-state index contributed by atoms with van der Waals surface area (Å²) in [6.45, 7) is 2.43. The first-order chi connectivity index (χ1) is 22.9. The molecule has 5 rings (SSSR count). The molecule has 5 aromatic carbocycles. The van der Waals surface area contributed by atoms with E-state index in [-0.39, 0.29) is 17.4 Å². The van der Waals surface area contributed by atoms with Gasteiger partial charge in [-0.1, -0.05) is 60.7 Å². The molecular formula is C38H32FN3O4S. The van der Waals surface area contributed by atoms with Gasteiger partial charge in [0.1, 0.15) is 22.5 Å². The van der Waals surface area contributed by atoms with E-state index in [2.05, 4.69) is 16.0 Å². The number of carbonyl (C=O) groups excluding carboxylic acids is 3. The Morgan fingerprint density at radius 1 is 0.745 bits per heavy atom. The van der Waals surface area contributed by atoms with Gasteiger partial charge in [0.2, 0.25) is 5.91 Å². The van der Waals surface area contributed by atoms with E-state index in [1.54, 1.807) is 78.9 Å². The molecule has 47 heavy (non-hydrogen) atoms. The number of anilines is 2. The van der Waals surface area contributed by atoms with Gasteiger partial charge in [-0.3, -0.25) is 14.4 Å². The number of hydrogen-bond donors (Lipinski definition) is 3. The van der Waals surface area contributed by atoms with Crippen LogP contribution in [0.15, 0.2) is 144 Å². The van der Waals surface area contributed by atoms with Crippen LogP contribution in [0.3, 0.4) is 0 Å². The minimum absolute atomic E-state index is 0.0584. The van der Waals surface area contributed by atoms with E-state index in [0.29, 0.717) is 34.9 Å². The van der Waals surface area contributed by atoms with Gasteiger partial charge in [0, 0.05) is 21.8 Å². The van der Waals surface area contributed by atoms with Crippen molar-refractivity contribution in [2.75, 3.05) is 17.2 Å². The van der Waals surface area contributed by atoms with Crippen LogP contribution in [0.4, 0.5) is 15.8 Å². The molecule has 3 N–H and O–H groups in total. The molecule has 0 spiro atoms. The number of rotatable bonds is 12. The fraction of sp³-hybridized carbons (Fsp3) is 0.0789. The van der Waals surface area contributed by atoms with Gasteiger partial charge < -0.3 is 20.7 Å². The van der Waals surface area contributed by atoms with Gasteiger partial charge in [0.05, 0.1) is 6.61 Å². The molecule has 0 bridgehead atoms. The van der Waals surface area contributed by atoms with Crippen molar-refractivity contribution in [3.63, 3.8) is 0 Å². The van der Waals surface area contributed by atoms with Crippen LogP contribution in [0, 0.1) is 5.82 Å². The fourth-order valence-corrected chi connectivity index (χ4v) is 5.55. The van der Waals surface area contributed by atoms with E-state index < -0.39 is 17.1 Å². The third-order valence-corrected chi connectivity index (χ3v) is 8.12. The number of nitrogens with one attached hydrogen (secondary N) is 3. The Kier molecular flexibility index (Phi) is 11.2. The van der Waals surface area contributed by atoms with Crippen molar-refractivity contribution in [2.45, 2.75) is 17.1 Å². The Morgan fingerprint density at radius 2 is 1.34 bits per heavy atom. The number of thioether (sulfide) groups is 1. The SMILES string of the molecule is CCOc1ccc(/C=C(\NC(=O)c2ccccc2)C(=O)Nc2ccc(SC(C(=O)Nc3ccc(F)cc3)c3ccccc3)cc2)cc1. The molecule has 3 amide bonds. The van der Waals surface area contributed by atoms with E-state index in [4.69, 9.17) is 4.74 Å². The van der Waals surface area contributed by atoms with Crippen LogP contribution in [0.1, 0.15) is 33.7 Å². The second-order valence-electron chi connectivity index (χ2n) is 10.3. The maximum absolute atomic E-state index is 13.5. The third kappa shape index (κ3) is 9.42. The largest absolute Gasteiger partial charge is 0.494 e. The van der Waals surface area contributed by atoms with Crippen LogP contribution >= 0.6 is 11.8 Å². The monoisotopic (exact) mass is 645 g/mol. The van der Waals surface area contributed by atoms with E-state index in [0.717, 1.165) is 10.5 Å². The molecule has 9 heteroatoms. The zero-order chi connectivity index (χ0) is 33.0. The quantitative estimate of drug-likeness (QED) is 0.0941. The van der Waals surface area contributed by atoms with Gasteiger partial charge in [0.25, 0.3) is 11.8 Å². The minimum Gasteiger partial charge on any atom is -0.494 e. The van der Waals surface area contributed by atoms with Gasteiger partial charge >= 0.3 is 0 Å². The molecule has 0 radical (unpaired) electrons. The van der Waals surface area contributed by atoms with Gasteiger partial charge in [-0.2, -0.15) is 0 Å². The smallest absolute Gasteiger partial charge is 0.272 e. The van der Waals surface area contributed by atoms with Crippen molar-refractivity contribution in [1.29, 1.82) is 0 Å². The molecule has 0 fully saturated rings. The van der Waals surface area contributed by atoms with Crippen LogP contribution in [0.5, 0.6) is 5.75 Å². The number of amides is 3. The Hall–Kier alpha value is -5.67. The molecule has 7 nitrogen and oxygen atoms in total. The highest BCUT2D eigenvalue weighted by Crippen LogP contribution is 2.36. The lowest BCUT2D eigenvalue weighted by Gasteiger charge is -2.17. The lowest BCUT2D eigenvalue weighted by molar-refractivity contribution is -0.116. The summed E-state index contributed by atoms with van der Waals surface area (Å²) in [6, 6.07) is 37.9. The molecule has 0 saturated carbocycles. The molecule has 0 aromatic heterocycles. The van der Waals surface area contributed by atoms with Crippen LogP contribution in [0.2, 0.25) is 0 Å². The number of ether oxygens (including phenoxy) is 1. The predicted molar refractivity (Wildman–Crippen MR) is 185 cm³/mol. The number of benzene rings is 5. The topological polar surface area (TPSA) is 96.5 Å². The normalized spacial score (nSPS) is 11.7. The Bertz CT molecular complexity index is 1830. The van der Waals surface area contributed by atoms with Crippen molar-refractivity contribution >= 4 is 46.9 Å². The van der Waals surface area contributed by atoms with Gasteiger partial charge in [-0.15, -0.1) is 11.8 Å². The zero-order valence-electron chi connectivity index (χ0n) is 25.5. The first kappa shape index (κ1) is 32.7. The van der Waals surface area contributed by atoms with Gasteiger partial charge in [-0.05, 0) is 96.9 Å². The lowest BCUT2D eigenvalue weighted by atomic mass is 10.1. The van der Waals surface area contributed by atoms with E-state index >= 15 is 0 Å². The Morgan fingerprint density at radius 3 is 1.98 bits per heavy atom. The van der Waals surface area contributed by atoms with Crippen molar-refractivity contribution in [1.82, 2.24) is 5.32 Å². The summed E-state index contributed by atoms with van der Waals surface area (Å²) in [6.07, 6.45) is 1.60. The van der Waals surface area contributed by atoms with E-state index in [1.165, 1.54) is 36.0 Å². The Labute approximate surface area is 276 Å². The highest BCUT2D eigenvalue weighted by atomic mass is 32.2. The zero-order valence-corrected chi connectivity index (χ0v) is 26.3. The average Bonchev–Trinajstić information content (AvgIpc) is 3.10. The third-order valence-electron chi connectivity index (χ3n) is 6.85. The molecule has 0 aliphatic heterocycles. The molecule has 0 saturated heterocycles. The molecule has 0 aliphatic rings. The fourth-order valence-electron chi connectivity index (χ4n) is 4.53. The molecule has 1 unspecified atom stereocenters. The highest BCUT2D eigenvalue weighted by molar-refractivity contribution is 8.00. The van der Waals surface area contributed by atoms with Gasteiger partial charge in [-0.25, -0.2) is 4.39 Å². The summed E-state index contributed by atoms with van der Waals surface area (Å²) < 4.78 is 18.9. The lowest BCUT2D eigenvalue weighted by Crippen LogP contribution is -2.30. The van der Waals surface area contributed by atoms with Crippen molar-refractivity contribution in [2.24, 2.45) is 0 Å². The minimum atomic E-state index is -0.599. The summed E-state index contributed by atoms with van der Waals surface area (Å²) in [7, 11) is 0. The molecule has 1 atom stereocenters. The van der Waals surface area contributed by atoms with Crippen LogP contribution in [-0.2, 0) is 9.59 Å². The first-order valence-corrected chi connectivity index (χ1v) is 15.8. The summed E-state index contributed by atoms with van der Waals surface area (Å²) in [5.74, 6) is -0.880. The van der Waals surface area contributed by atoms with E-state index in [1.807, 2.05) is 43.3 Å². The van der Waals surface area contributed by atoms with Crippen molar-refractivity contribution in [3.8, 4) is 5.75 Å². The summed E-state index contributed by atoms with van der Waals surface area (Å²) in [4.78, 5) is 40.6. The summed E-state index contributed by atoms with van der Waals surface area (Å²) in [5, 5.41) is 7.86. The number of hydrogen-bond acceptors (Lipinski definition) is 5. The number of carbonyl (C=O) groups is 3. The maximum atomic E-state index is 13.5. The Balaban J connectivity index is 1.32. The first-order valence-electron chi connectivity index (χ1n) is 14.9. The second kappa shape index (κ2) is 16.1.